The first-order valence-corrected chi connectivity index (χ1v) is 8.08. The quantitative estimate of drug-likeness (QED) is 0.777. The molecule has 1 aliphatic heterocycles. The summed E-state index contributed by atoms with van der Waals surface area (Å²) in [5.74, 6) is 0.273. The van der Waals surface area contributed by atoms with Gasteiger partial charge in [-0.1, -0.05) is 0 Å². The normalized spacial score (nSPS) is 23.3. The van der Waals surface area contributed by atoms with Crippen LogP contribution < -0.4 is 5.32 Å². The predicted octanol–water partition coefficient (Wildman–Crippen LogP) is 1.33. The molecule has 0 amide bonds. The van der Waals surface area contributed by atoms with Crippen molar-refractivity contribution in [2.75, 3.05) is 12.3 Å². The van der Waals surface area contributed by atoms with Crippen molar-refractivity contribution in [3.8, 4) is 11.5 Å². The molecule has 1 aliphatic rings. The lowest BCUT2D eigenvalue weighted by molar-refractivity contribution is 0.445. The maximum Gasteiger partial charge on any atom is 0.154 e. The summed E-state index contributed by atoms with van der Waals surface area (Å²) in [5.41, 5.74) is 0.730. The summed E-state index contributed by atoms with van der Waals surface area (Å²) < 4.78 is 23.4. The Morgan fingerprint density at radius 1 is 1.32 bits per heavy atom. The van der Waals surface area contributed by atoms with Gasteiger partial charge in [-0.05, 0) is 37.5 Å². The second-order valence-electron chi connectivity index (χ2n) is 5.04. The van der Waals surface area contributed by atoms with Crippen LogP contribution in [0.2, 0.25) is 0 Å². The first kappa shape index (κ1) is 14.1. The lowest BCUT2D eigenvalue weighted by Gasteiger charge is -2.17. The zero-order valence-corrected chi connectivity index (χ0v) is 11.7. The van der Waals surface area contributed by atoms with E-state index in [1.165, 1.54) is 6.07 Å². The van der Waals surface area contributed by atoms with Gasteiger partial charge >= 0.3 is 0 Å². The van der Waals surface area contributed by atoms with Crippen LogP contribution in [0.5, 0.6) is 11.5 Å². The fourth-order valence-electron chi connectivity index (χ4n) is 2.38. The summed E-state index contributed by atoms with van der Waals surface area (Å²) in [7, 11) is -2.94. The summed E-state index contributed by atoms with van der Waals surface area (Å²) in [6.45, 7) is 2.27. The van der Waals surface area contributed by atoms with Gasteiger partial charge in [0, 0.05) is 18.7 Å². The predicted molar refractivity (Wildman–Crippen MR) is 73.0 cm³/mol. The summed E-state index contributed by atoms with van der Waals surface area (Å²) in [5, 5.41) is 21.7. The third-order valence-electron chi connectivity index (χ3n) is 3.54. The fraction of sp³-hybridized carbons (Fsp3) is 0.538. The number of hydrogen-bond acceptors (Lipinski definition) is 5. The highest BCUT2D eigenvalue weighted by Gasteiger charge is 2.31. The highest BCUT2D eigenvalue weighted by Crippen LogP contribution is 2.25. The molecule has 0 bridgehead atoms. The third-order valence-corrected chi connectivity index (χ3v) is 5.82. The van der Waals surface area contributed by atoms with Crippen molar-refractivity contribution in [3.05, 3.63) is 23.8 Å². The molecule has 1 saturated heterocycles. The van der Waals surface area contributed by atoms with Gasteiger partial charge in [0.05, 0.1) is 11.0 Å². The topological polar surface area (TPSA) is 86.6 Å². The minimum Gasteiger partial charge on any atom is -0.508 e. The van der Waals surface area contributed by atoms with Gasteiger partial charge in [-0.25, -0.2) is 8.42 Å². The number of phenolic OH excluding ortho intramolecular Hbond substituents is 2. The minimum absolute atomic E-state index is 0.00265. The maximum atomic E-state index is 11.7. The van der Waals surface area contributed by atoms with E-state index in [-0.39, 0.29) is 28.5 Å². The molecule has 2 unspecified atom stereocenters. The molecule has 1 aromatic rings. The molecular formula is C13H19NO4S. The molecule has 1 fully saturated rings. The lowest BCUT2D eigenvalue weighted by Crippen LogP contribution is -2.32. The van der Waals surface area contributed by atoms with Crippen LogP contribution >= 0.6 is 0 Å². The van der Waals surface area contributed by atoms with E-state index in [1.54, 1.807) is 12.1 Å². The van der Waals surface area contributed by atoms with Gasteiger partial charge < -0.3 is 15.5 Å². The molecule has 19 heavy (non-hydrogen) atoms. The molecule has 0 aromatic heterocycles. The number of hydrogen-bond donors (Lipinski definition) is 3. The lowest BCUT2D eigenvalue weighted by atomic mass is 10.1. The average molecular weight is 285 g/mol. The van der Waals surface area contributed by atoms with Crippen LogP contribution in [0, 0.1) is 0 Å². The van der Waals surface area contributed by atoms with Crippen LogP contribution in [0.4, 0.5) is 0 Å². The zero-order valence-electron chi connectivity index (χ0n) is 10.8. The molecule has 0 saturated carbocycles. The van der Waals surface area contributed by atoms with Crippen molar-refractivity contribution < 1.29 is 18.6 Å². The van der Waals surface area contributed by atoms with E-state index in [0.717, 1.165) is 12.0 Å². The van der Waals surface area contributed by atoms with Crippen LogP contribution in [-0.4, -0.2) is 36.2 Å². The summed E-state index contributed by atoms with van der Waals surface area (Å²) in [4.78, 5) is 0. The number of sulfone groups is 1. The standard InChI is InChI=1S/C13H19NO4S/c1-9(10-5-11(15)7-12(16)6-10)14-8-13-3-2-4-19(13,17)18/h5-7,9,13-16H,2-4,8H2,1H3. The summed E-state index contributed by atoms with van der Waals surface area (Å²) in [6.07, 6.45) is 1.43. The molecule has 1 heterocycles. The Kier molecular flexibility index (Phi) is 4.01. The third kappa shape index (κ3) is 3.39. The largest absolute Gasteiger partial charge is 0.508 e. The number of benzene rings is 1. The van der Waals surface area contributed by atoms with Crippen molar-refractivity contribution >= 4 is 9.84 Å². The van der Waals surface area contributed by atoms with E-state index >= 15 is 0 Å². The molecule has 106 valence electrons. The first-order valence-electron chi connectivity index (χ1n) is 6.36. The van der Waals surface area contributed by atoms with Crippen LogP contribution in [0.25, 0.3) is 0 Å². The molecule has 5 nitrogen and oxygen atoms in total. The van der Waals surface area contributed by atoms with Crippen LogP contribution in [-0.2, 0) is 9.84 Å². The zero-order chi connectivity index (χ0) is 14.0. The molecule has 0 radical (unpaired) electrons. The van der Waals surface area contributed by atoms with E-state index in [4.69, 9.17) is 0 Å². The summed E-state index contributed by atoms with van der Waals surface area (Å²) in [6, 6.07) is 4.24. The SMILES string of the molecule is CC(NCC1CCCS1(=O)=O)c1cc(O)cc(O)c1. The molecular weight excluding hydrogens is 266 g/mol. The van der Waals surface area contributed by atoms with Gasteiger partial charge in [-0.2, -0.15) is 0 Å². The van der Waals surface area contributed by atoms with E-state index in [2.05, 4.69) is 5.32 Å². The van der Waals surface area contributed by atoms with Gasteiger partial charge in [0.2, 0.25) is 0 Å². The smallest absolute Gasteiger partial charge is 0.154 e. The van der Waals surface area contributed by atoms with Crippen molar-refractivity contribution in [3.63, 3.8) is 0 Å². The highest BCUT2D eigenvalue weighted by molar-refractivity contribution is 7.92. The van der Waals surface area contributed by atoms with Crippen molar-refractivity contribution in [2.45, 2.75) is 31.1 Å². The van der Waals surface area contributed by atoms with Crippen LogP contribution in [0.1, 0.15) is 31.4 Å². The second-order valence-corrected chi connectivity index (χ2v) is 7.44. The Hall–Kier alpha value is -1.27. The molecule has 2 rings (SSSR count). The van der Waals surface area contributed by atoms with E-state index in [9.17, 15) is 18.6 Å². The number of nitrogens with one attached hydrogen (secondary N) is 1. The average Bonchev–Trinajstić information content (AvgIpc) is 2.64. The molecule has 1 aromatic carbocycles. The van der Waals surface area contributed by atoms with E-state index < -0.39 is 9.84 Å². The maximum absolute atomic E-state index is 11.7. The van der Waals surface area contributed by atoms with Gasteiger partial charge in [-0.15, -0.1) is 0 Å². The molecule has 0 aliphatic carbocycles. The van der Waals surface area contributed by atoms with Crippen molar-refractivity contribution in [2.24, 2.45) is 0 Å². The molecule has 6 heteroatoms. The van der Waals surface area contributed by atoms with Crippen LogP contribution in [0.15, 0.2) is 18.2 Å². The van der Waals surface area contributed by atoms with Gasteiger partial charge in [0.25, 0.3) is 0 Å². The molecule has 3 N–H and O–H groups in total. The van der Waals surface area contributed by atoms with E-state index in [1.807, 2.05) is 6.92 Å². The molecule has 0 spiro atoms. The Balaban J connectivity index is 1.99. The number of phenols is 2. The van der Waals surface area contributed by atoms with Gasteiger partial charge in [0.15, 0.2) is 9.84 Å². The molecule has 2 atom stereocenters. The summed E-state index contributed by atoms with van der Waals surface area (Å²) >= 11 is 0. The second kappa shape index (κ2) is 5.38. The van der Waals surface area contributed by atoms with Crippen molar-refractivity contribution in [1.82, 2.24) is 5.32 Å². The van der Waals surface area contributed by atoms with E-state index in [0.29, 0.717) is 13.0 Å². The first-order chi connectivity index (χ1) is 8.88. The Bertz CT molecular complexity index is 536. The number of rotatable bonds is 4. The van der Waals surface area contributed by atoms with Crippen molar-refractivity contribution in [1.29, 1.82) is 0 Å². The van der Waals surface area contributed by atoms with Gasteiger partial charge in [-0.3, -0.25) is 0 Å². The number of aromatic hydroxyl groups is 2. The van der Waals surface area contributed by atoms with Crippen LogP contribution in [0.3, 0.4) is 0 Å². The Morgan fingerprint density at radius 2 is 1.95 bits per heavy atom. The fourth-order valence-corrected chi connectivity index (χ4v) is 4.16. The Morgan fingerprint density at radius 3 is 2.47 bits per heavy atom. The highest BCUT2D eigenvalue weighted by atomic mass is 32.2. The monoisotopic (exact) mass is 285 g/mol. The minimum atomic E-state index is -2.94. The van der Waals surface area contributed by atoms with Gasteiger partial charge in [0.1, 0.15) is 11.5 Å². The Labute approximate surface area is 113 Å².